The SMILES string of the molecule is Cc1[nH]nc2nc(-c3ccc(O)cc3F)ccc12. The summed E-state index contributed by atoms with van der Waals surface area (Å²) in [6.45, 7) is 1.90. The third kappa shape index (κ3) is 1.60. The number of nitrogens with one attached hydrogen (secondary N) is 1. The maximum atomic E-state index is 13.7. The van der Waals surface area contributed by atoms with Crippen molar-refractivity contribution in [1.82, 2.24) is 15.2 Å². The van der Waals surface area contributed by atoms with Gasteiger partial charge < -0.3 is 5.11 Å². The minimum atomic E-state index is -0.505. The molecule has 2 aromatic heterocycles. The first kappa shape index (κ1) is 10.7. The van der Waals surface area contributed by atoms with Crippen molar-refractivity contribution in [3.8, 4) is 17.0 Å². The molecule has 90 valence electrons. The van der Waals surface area contributed by atoms with E-state index >= 15 is 0 Å². The van der Waals surface area contributed by atoms with Gasteiger partial charge in [-0.3, -0.25) is 5.10 Å². The third-order valence-corrected chi connectivity index (χ3v) is 2.84. The Morgan fingerprint density at radius 2 is 2.06 bits per heavy atom. The number of H-pyrrole nitrogens is 1. The highest BCUT2D eigenvalue weighted by molar-refractivity contribution is 5.80. The van der Waals surface area contributed by atoms with E-state index in [1.807, 2.05) is 13.0 Å². The van der Waals surface area contributed by atoms with Crippen LogP contribution in [0.4, 0.5) is 4.39 Å². The molecule has 0 unspecified atom stereocenters. The molecule has 0 atom stereocenters. The van der Waals surface area contributed by atoms with Crippen molar-refractivity contribution in [3.05, 3.63) is 41.8 Å². The molecule has 3 rings (SSSR count). The fraction of sp³-hybridized carbons (Fsp3) is 0.0769. The van der Waals surface area contributed by atoms with Gasteiger partial charge in [-0.15, -0.1) is 0 Å². The van der Waals surface area contributed by atoms with Crippen LogP contribution in [0.5, 0.6) is 5.75 Å². The second-order valence-corrected chi connectivity index (χ2v) is 4.08. The summed E-state index contributed by atoms with van der Waals surface area (Å²) in [5.41, 5.74) is 2.31. The maximum Gasteiger partial charge on any atom is 0.181 e. The number of benzene rings is 1. The van der Waals surface area contributed by atoms with E-state index in [0.29, 0.717) is 16.9 Å². The van der Waals surface area contributed by atoms with E-state index in [1.54, 1.807) is 6.07 Å². The minimum Gasteiger partial charge on any atom is -0.508 e. The number of hydrogen-bond donors (Lipinski definition) is 2. The monoisotopic (exact) mass is 243 g/mol. The summed E-state index contributed by atoms with van der Waals surface area (Å²) in [4.78, 5) is 4.29. The van der Waals surface area contributed by atoms with E-state index in [9.17, 15) is 9.50 Å². The average molecular weight is 243 g/mol. The normalized spacial score (nSPS) is 11.0. The Labute approximate surface area is 102 Å². The zero-order chi connectivity index (χ0) is 12.7. The number of aromatic amines is 1. The van der Waals surface area contributed by atoms with Crippen molar-refractivity contribution < 1.29 is 9.50 Å². The summed E-state index contributed by atoms with van der Waals surface area (Å²) in [6, 6.07) is 7.58. The van der Waals surface area contributed by atoms with Crippen molar-refractivity contribution in [2.75, 3.05) is 0 Å². The van der Waals surface area contributed by atoms with Crippen LogP contribution in [0.25, 0.3) is 22.3 Å². The van der Waals surface area contributed by atoms with Crippen LogP contribution < -0.4 is 0 Å². The van der Waals surface area contributed by atoms with Crippen LogP contribution in [0.2, 0.25) is 0 Å². The Balaban J connectivity index is 2.19. The molecule has 0 aliphatic heterocycles. The summed E-state index contributed by atoms with van der Waals surface area (Å²) >= 11 is 0. The number of fused-ring (bicyclic) bond motifs is 1. The Morgan fingerprint density at radius 3 is 2.83 bits per heavy atom. The van der Waals surface area contributed by atoms with Gasteiger partial charge in [0, 0.05) is 22.7 Å². The summed E-state index contributed by atoms with van der Waals surface area (Å²) in [6.07, 6.45) is 0. The predicted octanol–water partition coefficient (Wildman–Crippen LogP) is 2.78. The lowest BCUT2D eigenvalue weighted by Crippen LogP contribution is -1.88. The van der Waals surface area contributed by atoms with Crippen LogP contribution >= 0.6 is 0 Å². The van der Waals surface area contributed by atoms with Gasteiger partial charge in [0.2, 0.25) is 0 Å². The zero-order valence-electron chi connectivity index (χ0n) is 9.61. The van der Waals surface area contributed by atoms with Gasteiger partial charge in [0.15, 0.2) is 5.65 Å². The van der Waals surface area contributed by atoms with E-state index in [1.165, 1.54) is 12.1 Å². The van der Waals surface area contributed by atoms with Crippen LogP contribution in [0.3, 0.4) is 0 Å². The molecular weight excluding hydrogens is 233 g/mol. The second-order valence-electron chi connectivity index (χ2n) is 4.08. The molecule has 2 heterocycles. The largest absolute Gasteiger partial charge is 0.508 e. The number of rotatable bonds is 1. The molecule has 1 aromatic carbocycles. The average Bonchev–Trinajstić information content (AvgIpc) is 2.71. The highest BCUT2D eigenvalue weighted by Gasteiger charge is 2.10. The number of aryl methyl sites for hydroxylation is 1. The van der Waals surface area contributed by atoms with Crippen molar-refractivity contribution in [3.63, 3.8) is 0 Å². The minimum absolute atomic E-state index is 0.104. The first-order chi connectivity index (χ1) is 8.65. The number of halogens is 1. The number of phenolic OH excluding ortho intramolecular Hbond substituents is 1. The van der Waals surface area contributed by atoms with Crippen LogP contribution in [-0.4, -0.2) is 20.3 Å². The molecule has 0 saturated heterocycles. The van der Waals surface area contributed by atoms with Gasteiger partial charge in [0.25, 0.3) is 0 Å². The molecule has 0 amide bonds. The number of aromatic nitrogens is 3. The van der Waals surface area contributed by atoms with Gasteiger partial charge in [-0.25, -0.2) is 9.37 Å². The lowest BCUT2D eigenvalue weighted by molar-refractivity contribution is 0.469. The fourth-order valence-electron chi connectivity index (χ4n) is 1.89. The summed E-state index contributed by atoms with van der Waals surface area (Å²) in [5.74, 6) is -0.609. The molecular formula is C13H10FN3O. The standard InChI is InChI=1S/C13H10FN3O/c1-7-9-4-5-12(15-13(9)17-16-7)10-3-2-8(18)6-11(10)14/h2-6,18H,1H3,(H,15,16,17). The van der Waals surface area contributed by atoms with E-state index < -0.39 is 5.82 Å². The van der Waals surface area contributed by atoms with E-state index in [-0.39, 0.29) is 5.75 Å². The molecule has 0 aliphatic carbocycles. The molecule has 0 bridgehead atoms. The van der Waals surface area contributed by atoms with Crippen LogP contribution in [0.1, 0.15) is 5.69 Å². The molecule has 0 radical (unpaired) electrons. The first-order valence-electron chi connectivity index (χ1n) is 5.46. The van der Waals surface area contributed by atoms with Gasteiger partial charge in [0.05, 0.1) is 5.69 Å². The number of pyridine rings is 1. The van der Waals surface area contributed by atoms with Crippen LogP contribution in [0, 0.1) is 12.7 Å². The van der Waals surface area contributed by atoms with Crippen LogP contribution in [0.15, 0.2) is 30.3 Å². The van der Waals surface area contributed by atoms with Crippen molar-refractivity contribution in [1.29, 1.82) is 0 Å². The predicted molar refractivity (Wildman–Crippen MR) is 65.7 cm³/mol. The van der Waals surface area contributed by atoms with Gasteiger partial charge in [0.1, 0.15) is 11.6 Å². The maximum absolute atomic E-state index is 13.7. The Morgan fingerprint density at radius 1 is 1.22 bits per heavy atom. The van der Waals surface area contributed by atoms with Gasteiger partial charge >= 0.3 is 0 Å². The third-order valence-electron chi connectivity index (χ3n) is 2.84. The molecule has 18 heavy (non-hydrogen) atoms. The number of aromatic hydroxyl groups is 1. The van der Waals surface area contributed by atoms with E-state index in [2.05, 4.69) is 15.2 Å². The lowest BCUT2D eigenvalue weighted by atomic mass is 10.1. The van der Waals surface area contributed by atoms with Crippen molar-refractivity contribution in [2.24, 2.45) is 0 Å². The van der Waals surface area contributed by atoms with Crippen molar-refractivity contribution >= 4 is 11.0 Å². The zero-order valence-corrected chi connectivity index (χ0v) is 9.61. The molecule has 0 aliphatic rings. The van der Waals surface area contributed by atoms with E-state index in [4.69, 9.17) is 0 Å². The lowest BCUT2D eigenvalue weighted by Gasteiger charge is -2.03. The second kappa shape index (κ2) is 3.80. The highest BCUT2D eigenvalue weighted by Crippen LogP contribution is 2.26. The van der Waals surface area contributed by atoms with Gasteiger partial charge in [-0.1, -0.05) is 0 Å². The Kier molecular flexibility index (Phi) is 2.26. The summed E-state index contributed by atoms with van der Waals surface area (Å²) < 4.78 is 13.7. The van der Waals surface area contributed by atoms with Gasteiger partial charge in [-0.05, 0) is 31.2 Å². The topological polar surface area (TPSA) is 61.8 Å². The molecule has 0 saturated carbocycles. The molecule has 0 fully saturated rings. The highest BCUT2D eigenvalue weighted by atomic mass is 19.1. The number of phenols is 1. The molecule has 4 nitrogen and oxygen atoms in total. The van der Waals surface area contributed by atoms with Gasteiger partial charge in [-0.2, -0.15) is 5.10 Å². The Hall–Kier alpha value is -2.43. The number of nitrogens with zero attached hydrogens (tertiary/aromatic N) is 2. The fourth-order valence-corrected chi connectivity index (χ4v) is 1.89. The Bertz CT molecular complexity index is 736. The molecule has 0 spiro atoms. The van der Waals surface area contributed by atoms with E-state index in [0.717, 1.165) is 17.1 Å². The molecule has 2 N–H and O–H groups in total. The van der Waals surface area contributed by atoms with Crippen LogP contribution in [-0.2, 0) is 0 Å². The molecule has 5 heteroatoms. The van der Waals surface area contributed by atoms with Crippen molar-refractivity contribution in [2.45, 2.75) is 6.92 Å². The molecule has 3 aromatic rings. The summed E-state index contributed by atoms with van der Waals surface area (Å²) in [7, 11) is 0. The first-order valence-corrected chi connectivity index (χ1v) is 5.46. The quantitative estimate of drug-likeness (QED) is 0.690. The smallest absolute Gasteiger partial charge is 0.181 e. The summed E-state index contributed by atoms with van der Waals surface area (Å²) in [5, 5.41) is 17.0. The number of hydrogen-bond acceptors (Lipinski definition) is 3.